The minimum Gasteiger partial charge on any atom is -0.319 e. The largest absolute Gasteiger partial charge is 0.319 e. The molecule has 0 bridgehead atoms. The zero-order chi connectivity index (χ0) is 11.5. The van der Waals surface area contributed by atoms with Gasteiger partial charge in [-0.15, -0.1) is 0 Å². The molecule has 0 aromatic carbocycles. The van der Waals surface area contributed by atoms with Gasteiger partial charge in [0.15, 0.2) is 0 Å². The van der Waals surface area contributed by atoms with Crippen LogP contribution in [0.25, 0.3) is 0 Å². The van der Waals surface area contributed by atoms with Crippen molar-refractivity contribution in [3.63, 3.8) is 0 Å². The van der Waals surface area contributed by atoms with Crippen LogP contribution < -0.4 is 5.32 Å². The molecule has 0 aliphatic heterocycles. The monoisotopic (exact) mass is 236 g/mol. The number of pyridine rings is 1. The minimum absolute atomic E-state index is 0.242. The van der Waals surface area contributed by atoms with E-state index in [4.69, 9.17) is 11.6 Å². The molecule has 16 heavy (non-hydrogen) atoms. The molecule has 82 valence electrons. The molecule has 0 unspecified atom stereocenters. The second-order valence-electron chi connectivity index (χ2n) is 3.26. The molecule has 2 rings (SSSR count). The lowest BCUT2D eigenvalue weighted by atomic mass is 10.2. The average Bonchev–Trinajstić information content (AvgIpc) is 2.68. The fraction of sp³-hybridized carbons (Fsp3) is 0.100. The van der Waals surface area contributed by atoms with Crippen molar-refractivity contribution >= 4 is 23.2 Å². The number of aryl methyl sites for hydroxylation is 1. The van der Waals surface area contributed by atoms with Crippen molar-refractivity contribution in [2.45, 2.75) is 6.92 Å². The Labute approximate surface area is 96.8 Å². The smallest absolute Gasteiger partial charge is 0.255 e. The number of H-pyrrole nitrogens is 1. The fourth-order valence-corrected chi connectivity index (χ4v) is 1.53. The highest BCUT2D eigenvalue weighted by Gasteiger charge is 2.08. The van der Waals surface area contributed by atoms with E-state index in [0.29, 0.717) is 22.1 Å². The molecule has 0 atom stereocenters. The van der Waals surface area contributed by atoms with Gasteiger partial charge in [-0.05, 0) is 19.1 Å². The van der Waals surface area contributed by atoms with Crippen LogP contribution in [0.5, 0.6) is 0 Å². The summed E-state index contributed by atoms with van der Waals surface area (Å²) in [6.45, 7) is 1.78. The van der Waals surface area contributed by atoms with Crippen molar-refractivity contribution in [2.75, 3.05) is 5.32 Å². The number of aromatic nitrogens is 3. The van der Waals surface area contributed by atoms with E-state index in [9.17, 15) is 4.79 Å². The van der Waals surface area contributed by atoms with E-state index in [1.165, 1.54) is 12.3 Å². The van der Waals surface area contributed by atoms with Gasteiger partial charge in [-0.3, -0.25) is 9.89 Å². The van der Waals surface area contributed by atoms with Gasteiger partial charge in [-0.25, -0.2) is 4.98 Å². The molecule has 2 aromatic heterocycles. The lowest BCUT2D eigenvalue weighted by Gasteiger charge is -2.03. The molecular formula is C10H9ClN4O. The van der Waals surface area contributed by atoms with E-state index in [2.05, 4.69) is 20.5 Å². The SMILES string of the molecule is Cc1cc(C(=O)Nc2cn[nH]c2)cc(Cl)n1. The van der Waals surface area contributed by atoms with E-state index in [0.717, 1.165) is 0 Å². The number of carbonyl (C=O) groups excluding carboxylic acids is 1. The molecule has 1 amide bonds. The maximum atomic E-state index is 11.8. The van der Waals surface area contributed by atoms with Crippen LogP contribution in [-0.4, -0.2) is 21.1 Å². The quantitative estimate of drug-likeness (QED) is 0.784. The molecular weight excluding hydrogens is 228 g/mol. The number of hydrogen-bond donors (Lipinski definition) is 2. The topological polar surface area (TPSA) is 70.7 Å². The first kappa shape index (κ1) is 10.6. The van der Waals surface area contributed by atoms with Gasteiger partial charge in [0.1, 0.15) is 5.15 Å². The Hall–Kier alpha value is -1.88. The number of amides is 1. The molecule has 0 saturated heterocycles. The summed E-state index contributed by atoms with van der Waals surface area (Å²) in [7, 11) is 0. The predicted octanol–water partition coefficient (Wildman–Crippen LogP) is 2.02. The van der Waals surface area contributed by atoms with Crippen molar-refractivity contribution in [2.24, 2.45) is 0 Å². The van der Waals surface area contributed by atoms with Gasteiger partial charge in [0.05, 0.1) is 11.9 Å². The van der Waals surface area contributed by atoms with Crippen molar-refractivity contribution in [1.29, 1.82) is 0 Å². The lowest BCUT2D eigenvalue weighted by molar-refractivity contribution is 0.102. The molecule has 0 spiro atoms. The normalized spacial score (nSPS) is 10.1. The van der Waals surface area contributed by atoms with Gasteiger partial charge in [0.2, 0.25) is 0 Å². The Morgan fingerprint density at radius 1 is 1.50 bits per heavy atom. The number of rotatable bonds is 2. The summed E-state index contributed by atoms with van der Waals surface area (Å²) < 4.78 is 0. The number of carbonyl (C=O) groups is 1. The Kier molecular flexibility index (Phi) is 2.87. The van der Waals surface area contributed by atoms with E-state index in [1.54, 1.807) is 19.2 Å². The Bertz CT molecular complexity index is 489. The predicted molar refractivity (Wildman–Crippen MR) is 60.5 cm³/mol. The van der Waals surface area contributed by atoms with Crippen LogP contribution in [0.15, 0.2) is 24.5 Å². The molecule has 2 N–H and O–H groups in total. The van der Waals surface area contributed by atoms with Crippen LogP contribution >= 0.6 is 11.6 Å². The lowest BCUT2D eigenvalue weighted by Crippen LogP contribution is -2.11. The second kappa shape index (κ2) is 4.32. The van der Waals surface area contributed by atoms with E-state index in [1.807, 2.05) is 0 Å². The summed E-state index contributed by atoms with van der Waals surface area (Å²) in [6.07, 6.45) is 3.11. The highest BCUT2D eigenvalue weighted by atomic mass is 35.5. The third-order valence-electron chi connectivity index (χ3n) is 1.94. The van der Waals surface area contributed by atoms with E-state index < -0.39 is 0 Å². The third-order valence-corrected chi connectivity index (χ3v) is 2.13. The summed E-state index contributed by atoms with van der Waals surface area (Å²) in [5.41, 5.74) is 1.78. The minimum atomic E-state index is -0.242. The van der Waals surface area contributed by atoms with Crippen LogP contribution in [0.3, 0.4) is 0 Å². The van der Waals surface area contributed by atoms with Crippen LogP contribution in [0.4, 0.5) is 5.69 Å². The summed E-state index contributed by atoms with van der Waals surface area (Å²) in [5.74, 6) is -0.242. The zero-order valence-corrected chi connectivity index (χ0v) is 9.25. The number of hydrogen-bond acceptors (Lipinski definition) is 3. The van der Waals surface area contributed by atoms with Gasteiger partial charge in [-0.1, -0.05) is 11.6 Å². The molecule has 2 aromatic rings. The summed E-state index contributed by atoms with van der Waals surface area (Å²) >= 11 is 5.77. The van der Waals surface area contributed by atoms with Gasteiger partial charge < -0.3 is 5.32 Å². The van der Waals surface area contributed by atoms with Crippen LogP contribution in [0.1, 0.15) is 16.1 Å². The summed E-state index contributed by atoms with van der Waals surface area (Å²) in [5, 5.41) is 9.31. The third kappa shape index (κ3) is 2.38. The molecule has 0 aliphatic carbocycles. The van der Waals surface area contributed by atoms with Gasteiger partial charge >= 0.3 is 0 Å². The van der Waals surface area contributed by atoms with Gasteiger partial charge in [-0.2, -0.15) is 5.10 Å². The van der Waals surface area contributed by atoms with Crippen molar-refractivity contribution in [1.82, 2.24) is 15.2 Å². The summed E-state index contributed by atoms with van der Waals surface area (Å²) in [6, 6.07) is 3.19. The number of anilines is 1. The summed E-state index contributed by atoms with van der Waals surface area (Å²) in [4.78, 5) is 15.8. The van der Waals surface area contributed by atoms with Crippen LogP contribution in [-0.2, 0) is 0 Å². The second-order valence-corrected chi connectivity index (χ2v) is 3.65. The molecule has 0 saturated carbocycles. The Balaban J connectivity index is 2.21. The Morgan fingerprint density at radius 3 is 2.94 bits per heavy atom. The molecule has 0 radical (unpaired) electrons. The highest BCUT2D eigenvalue weighted by molar-refractivity contribution is 6.29. The first-order chi connectivity index (χ1) is 7.65. The van der Waals surface area contributed by atoms with Gasteiger partial charge in [0, 0.05) is 17.5 Å². The standard InChI is InChI=1S/C10H9ClN4O/c1-6-2-7(3-9(11)14-6)10(16)15-8-4-12-13-5-8/h2-5H,1H3,(H,12,13)(H,15,16). The highest BCUT2D eigenvalue weighted by Crippen LogP contribution is 2.12. The first-order valence-corrected chi connectivity index (χ1v) is 4.97. The number of nitrogens with zero attached hydrogens (tertiary/aromatic N) is 2. The van der Waals surface area contributed by atoms with Gasteiger partial charge in [0.25, 0.3) is 5.91 Å². The molecule has 6 heteroatoms. The maximum absolute atomic E-state index is 11.8. The van der Waals surface area contributed by atoms with E-state index >= 15 is 0 Å². The number of nitrogens with one attached hydrogen (secondary N) is 2. The van der Waals surface area contributed by atoms with Crippen LogP contribution in [0, 0.1) is 6.92 Å². The first-order valence-electron chi connectivity index (χ1n) is 4.59. The van der Waals surface area contributed by atoms with E-state index in [-0.39, 0.29) is 5.91 Å². The van der Waals surface area contributed by atoms with Crippen molar-refractivity contribution < 1.29 is 4.79 Å². The molecule has 5 nitrogen and oxygen atoms in total. The van der Waals surface area contributed by atoms with Crippen LogP contribution in [0.2, 0.25) is 5.15 Å². The number of halogens is 1. The molecule has 2 heterocycles. The molecule has 0 fully saturated rings. The van der Waals surface area contributed by atoms with Crippen molar-refractivity contribution in [3.05, 3.63) is 40.9 Å². The molecule has 0 aliphatic rings. The van der Waals surface area contributed by atoms with Crippen molar-refractivity contribution in [3.8, 4) is 0 Å². The fourth-order valence-electron chi connectivity index (χ4n) is 1.28. The average molecular weight is 237 g/mol. The Morgan fingerprint density at radius 2 is 2.31 bits per heavy atom. The zero-order valence-electron chi connectivity index (χ0n) is 8.49. The number of aromatic amines is 1. The maximum Gasteiger partial charge on any atom is 0.255 e.